The van der Waals surface area contributed by atoms with E-state index in [1.54, 1.807) is 7.11 Å². The van der Waals surface area contributed by atoms with E-state index in [0.29, 0.717) is 6.42 Å². The average molecular weight is 226 g/mol. The number of halogens is 1. The molecule has 0 amide bonds. The first kappa shape index (κ1) is 9.08. The van der Waals surface area contributed by atoms with Crippen molar-refractivity contribution in [1.29, 1.82) is 5.26 Å². The van der Waals surface area contributed by atoms with Gasteiger partial charge in [0.25, 0.3) is 0 Å². The summed E-state index contributed by atoms with van der Waals surface area (Å²) in [6.45, 7) is 0. The first-order valence-electron chi connectivity index (χ1n) is 3.47. The van der Waals surface area contributed by atoms with Crippen LogP contribution in [0.3, 0.4) is 0 Å². The molecular formula is C9H8BrNO. The second kappa shape index (κ2) is 4.13. The van der Waals surface area contributed by atoms with Gasteiger partial charge >= 0.3 is 0 Å². The average Bonchev–Trinajstić information content (AvgIpc) is 2.09. The molecular weight excluding hydrogens is 218 g/mol. The van der Waals surface area contributed by atoms with Gasteiger partial charge in [0.15, 0.2) is 0 Å². The summed E-state index contributed by atoms with van der Waals surface area (Å²) < 4.78 is 5.94. The maximum atomic E-state index is 8.47. The van der Waals surface area contributed by atoms with Gasteiger partial charge in [0, 0.05) is 4.47 Å². The number of nitrogens with zero attached hydrogens (tertiary/aromatic N) is 1. The third-order valence-electron chi connectivity index (χ3n) is 1.53. The van der Waals surface area contributed by atoms with E-state index in [1.807, 2.05) is 18.2 Å². The quantitative estimate of drug-likeness (QED) is 0.776. The molecule has 3 heteroatoms. The smallest absolute Gasteiger partial charge is 0.120 e. The summed E-state index contributed by atoms with van der Waals surface area (Å²) in [4.78, 5) is 0. The topological polar surface area (TPSA) is 33.0 Å². The van der Waals surface area contributed by atoms with Crippen LogP contribution in [0.15, 0.2) is 22.7 Å². The lowest BCUT2D eigenvalue weighted by Crippen LogP contribution is -1.86. The molecule has 1 rings (SSSR count). The zero-order valence-electron chi connectivity index (χ0n) is 6.67. The van der Waals surface area contributed by atoms with Crippen molar-refractivity contribution in [3.63, 3.8) is 0 Å². The summed E-state index contributed by atoms with van der Waals surface area (Å²) in [5.41, 5.74) is 0.985. The fraction of sp³-hybridized carbons (Fsp3) is 0.222. The highest BCUT2D eigenvalue weighted by Gasteiger charge is 2.00. The summed E-state index contributed by atoms with van der Waals surface area (Å²) in [7, 11) is 1.62. The van der Waals surface area contributed by atoms with Crippen molar-refractivity contribution < 1.29 is 4.74 Å². The number of hydrogen-bond acceptors (Lipinski definition) is 2. The lowest BCUT2D eigenvalue weighted by atomic mass is 10.2. The van der Waals surface area contributed by atoms with E-state index in [1.165, 1.54) is 0 Å². The Morgan fingerprint density at radius 3 is 2.83 bits per heavy atom. The molecule has 0 bridgehead atoms. The van der Waals surface area contributed by atoms with E-state index in [9.17, 15) is 0 Å². The van der Waals surface area contributed by atoms with Gasteiger partial charge in [0.1, 0.15) is 5.75 Å². The van der Waals surface area contributed by atoms with Crippen molar-refractivity contribution in [2.75, 3.05) is 7.11 Å². The molecule has 0 heterocycles. The third kappa shape index (κ3) is 1.99. The minimum absolute atomic E-state index is 0.421. The van der Waals surface area contributed by atoms with E-state index < -0.39 is 0 Å². The molecule has 0 atom stereocenters. The van der Waals surface area contributed by atoms with Crippen LogP contribution in [-0.4, -0.2) is 7.11 Å². The van der Waals surface area contributed by atoms with Gasteiger partial charge in [-0.25, -0.2) is 0 Å². The maximum absolute atomic E-state index is 8.47. The molecule has 0 radical (unpaired) electrons. The fourth-order valence-electron chi connectivity index (χ4n) is 0.884. The summed E-state index contributed by atoms with van der Waals surface area (Å²) in [6, 6.07) is 7.67. The molecule has 0 spiro atoms. The SMILES string of the molecule is COc1ccc(CC#N)c(Br)c1. The Bertz CT molecular complexity index is 317. The summed E-state index contributed by atoms with van der Waals surface area (Å²) in [5.74, 6) is 0.795. The summed E-state index contributed by atoms with van der Waals surface area (Å²) >= 11 is 3.36. The zero-order chi connectivity index (χ0) is 8.97. The Balaban J connectivity index is 2.97. The molecule has 0 fully saturated rings. The van der Waals surface area contributed by atoms with Crippen LogP contribution in [0.4, 0.5) is 0 Å². The van der Waals surface area contributed by atoms with Crippen LogP contribution in [0, 0.1) is 11.3 Å². The van der Waals surface area contributed by atoms with Crippen molar-refractivity contribution in [3.8, 4) is 11.8 Å². The van der Waals surface area contributed by atoms with Crippen LogP contribution in [0.2, 0.25) is 0 Å². The minimum atomic E-state index is 0.421. The normalized spacial score (nSPS) is 9.08. The Hall–Kier alpha value is -1.01. The van der Waals surface area contributed by atoms with E-state index >= 15 is 0 Å². The van der Waals surface area contributed by atoms with Gasteiger partial charge in [-0.15, -0.1) is 0 Å². The predicted molar refractivity (Wildman–Crippen MR) is 50.0 cm³/mol. The Kier molecular flexibility index (Phi) is 3.12. The minimum Gasteiger partial charge on any atom is -0.497 e. The highest BCUT2D eigenvalue weighted by Crippen LogP contribution is 2.22. The number of ether oxygens (including phenoxy) is 1. The lowest BCUT2D eigenvalue weighted by Gasteiger charge is -2.02. The second-order valence-corrected chi connectivity index (χ2v) is 3.15. The van der Waals surface area contributed by atoms with Crippen molar-refractivity contribution >= 4 is 15.9 Å². The summed E-state index contributed by atoms with van der Waals surface area (Å²) in [6.07, 6.45) is 0.421. The van der Waals surface area contributed by atoms with Crippen LogP contribution >= 0.6 is 15.9 Å². The molecule has 62 valence electrons. The molecule has 0 aliphatic carbocycles. The van der Waals surface area contributed by atoms with Gasteiger partial charge in [-0.3, -0.25) is 0 Å². The van der Waals surface area contributed by atoms with Crippen molar-refractivity contribution in [1.82, 2.24) is 0 Å². The predicted octanol–water partition coefficient (Wildman–Crippen LogP) is 2.52. The van der Waals surface area contributed by atoms with Gasteiger partial charge in [0.2, 0.25) is 0 Å². The van der Waals surface area contributed by atoms with Gasteiger partial charge < -0.3 is 4.74 Å². The van der Waals surface area contributed by atoms with Gasteiger partial charge in [-0.2, -0.15) is 5.26 Å². The highest BCUT2D eigenvalue weighted by molar-refractivity contribution is 9.10. The molecule has 1 aromatic carbocycles. The number of rotatable bonds is 2. The molecule has 0 aromatic heterocycles. The Labute approximate surface area is 79.9 Å². The van der Waals surface area contributed by atoms with E-state index in [2.05, 4.69) is 22.0 Å². The zero-order valence-corrected chi connectivity index (χ0v) is 8.26. The van der Waals surface area contributed by atoms with Crippen molar-refractivity contribution in [2.45, 2.75) is 6.42 Å². The number of benzene rings is 1. The van der Waals surface area contributed by atoms with Crippen LogP contribution < -0.4 is 4.74 Å². The molecule has 0 N–H and O–H groups in total. The molecule has 2 nitrogen and oxygen atoms in total. The van der Waals surface area contributed by atoms with Crippen molar-refractivity contribution in [2.24, 2.45) is 0 Å². The van der Waals surface area contributed by atoms with Gasteiger partial charge in [0.05, 0.1) is 19.6 Å². The van der Waals surface area contributed by atoms with Gasteiger partial charge in [-0.1, -0.05) is 22.0 Å². The molecule has 0 aliphatic rings. The molecule has 0 unspecified atom stereocenters. The van der Waals surface area contributed by atoms with E-state index in [4.69, 9.17) is 10.00 Å². The molecule has 1 aromatic rings. The second-order valence-electron chi connectivity index (χ2n) is 2.29. The molecule has 0 saturated carbocycles. The van der Waals surface area contributed by atoms with Crippen LogP contribution in [0.1, 0.15) is 5.56 Å². The van der Waals surface area contributed by atoms with Crippen molar-refractivity contribution in [3.05, 3.63) is 28.2 Å². The number of methoxy groups -OCH3 is 1. The number of nitriles is 1. The monoisotopic (exact) mass is 225 g/mol. The Morgan fingerprint density at radius 2 is 2.33 bits per heavy atom. The van der Waals surface area contributed by atoms with Crippen LogP contribution in [-0.2, 0) is 6.42 Å². The third-order valence-corrected chi connectivity index (χ3v) is 2.27. The number of hydrogen-bond donors (Lipinski definition) is 0. The Morgan fingerprint density at radius 1 is 1.58 bits per heavy atom. The van der Waals surface area contributed by atoms with E-state index in [-0.39, 0.29) is 0 Å². The van der Waals surface area contributed by atoms with Crippen LogP contribution in [0.5, 0.6) is 5.75 Å². The fourth-order valence-corrected chi connectivity index (χ4v) is 1.38. The van der Waals surface area contributed by atoms with Gasteiger partial charge in [-0.05, 0) is 17.7 Å². The lowest BCUT2D eigenvalue weighted by molar-refractivity contribution is 0.414. The highest BCUT2D eigenvalue weighted by atomic mass is 79.9. The summed E-state index contributed by atoms with van der Waals surface area (Å²) in [5, 5.41) is 8.47. The molecule has 12 heavy (non-hydrogen) atoms. The first-order valence-corrected chi connectivity index (χ1v) is 4.26. The standard InChI is InChI=1S/C9H8BrNO/c1-12-8-3-2-7(4-5-11)9(10)6-8/h2-3,6H,4H2,1H3. The first-order chi connectivity index (χ1) is 5.77. The largest absolute Gasteiger partial charge is 0.497 e. The van der Waals surface area contributed by atoms with Crippen LogP contribution in [0.25, 0.3) is 0 Å². The molecule has 0 saturated heterocycles. The molecule has 0 aliphatic heterocycles. The van der Waals surface area contributed by atoms with E-state index in [0.717, 1.165) is 15.8 Å². The maximum Gasteiger partial charge on any atom is 0.120 e.